The smallest absolute Gasteiger partial charge is 0.0120 e. The van der Waals surface area contributed by atoms with Crippen molar-refractivity contribution in [2.45, 2.75) is 38.1 Å². The van der Waals surface area contributed by atoms with E-state index in [1.807, 2.05) is 7.05 Å². The van der Waals surface area contributed by atoms with Crippen LogP contribution in [0.25, 0.3) is 0 Å². The molecule has 3 heteroatoms. The van der Waals surface area contributed by atoms with Gasteiger partial charge in [-0.25, -0.2) is 0 Å². The second-order valence-electron chi connectivity index (χ2n) is 5.27. The van der Waals surface area contributed by atoms with Crippen molar-refractivity contribution in [2.75, 3.05) is 46.3 Å². The zero-order valence-corrected chi connectivity index (χ0v) is 10.7. The van der Waals surface area contributed by atoms with Crippen molar-refractivity contribution in [3.05, 3.63) is 0 Å². The Bertz CT molecular complexity index is 182. The van der Waals surface area contributed by atoms with Gasteiger partial charge in [0.2, 0.25) is 0 Å². The summed E-state index contributed by atoms with van der Waals surface area (Å²) in [5.41, 5.74) is 0. The monoisotopic (exact) mass is 225 g/mol. The van der Waals surface area contributed by atoms with Crippen LogP contribution in [0.3, 0.4) is 0 Å². The lowest BCUT2D eigenvalue weighted by molar-refractivity contribution is 0.0932. The summed E-state index contributed by atoms with van der Waals surface area (Å²) in [4.78, 5) is 5.36. The fourth-order valence-electron chi connectivity index (χ4n) is 3.06. The predicted molar refractivity (Wildman–Crippen MR) is 68.8 cm³/mol. The molecule has 0 spiro atoms. The molecule has 2 saturated heterocycles. The van der Waals surface area contributed by atoms with Gasteiger partial charge in [-0.15, -0.1) is 0 Å². The van der Waals surface area contributed by atoms with Gasteiger partial charge in [0.05, 0.1) is 0 Å². The van der Waals surface area contributed by atoms with E-state index in [-0.39, 0.29) is 0 Å². The largest absolute Gasteiger partial charge is 0.318 e. The highest BCUT2D eigenvalue weighted by molar-refractivity contribution is 4.81. The Hall–Kier alpha value is -0.120. The van der Waals surface area contributed by atoms with E-state index in [4.69, 9.17) is 0 Å². The Morgan fingerprint density at radius 3 is 2.31 bits per heavy atom. The van der Waals surface area contributed by atoms with E-state index in [9.17, 15) is 0 Å². The molecule has 2 aliphatic rings. The molecule has 0 aliphatic carbocycles. The second-order valence-corrected chi connectivity index (χ2v) is 5.27. The van der Waals surface area contributed by atoms with E-state index in [2.05, 4.69) is 15.1 Å². The lowest BCUT2D eigenvalue weighted by Gasteiger charge is -2.40. The molecule has 0 aromatic rings. The van der Waals surface area contributed by atoms with Gasteiger partial charge in [-0.05, 0) is 58.9 Å². The molecular weight excluding hydrogens is 198 g/mol. The van der Waals surface area contributed by atoms with Crippen molar-refractivity contribution in [3.63, 3.8) is 0 Å². The Balaban J connectivity index is 1.67. The molecule has 2 rings (SSSR count). The van der Waals surface area contributed by atoms with Gasteiger partial charge < -0.3 is 15.1 Å². The third kappa shape index (κ3) is 3.44. The van der Waals surface area contributed by atoms with E-state index >= 15 is 0 Å². The maximum atomic E-state index is 3.24. The maximum absolute atomic E-state index is 3.24. The first-order chi connectivity index (χ1) is 7.90. The number of rotatable bonds is 4. The molecule has 94 valence electrons. The first-order valence-electron chi connectivity index (χ1n) is 7.01. The highest BCUT2D eigenvalue weighted by atomic mass is 15.2. The molecule has 0 radical (unpaired) electrons. The molecule has 2 heterocycles. The first kappa shape index (κ1) is 12.3. The third-order valence-electron chi connectivity index (χ3n) is 4.14. The molecule has 0 unspecified atom stereocenters. The van der Waals surface area contributed by atoms with Crippen LogP contribution < -0.4 is 5.32 Å². The van der Waals surface area contributed by atoms with Gasteiger partial charge in [0.1, 0.15) is 0 Å². The summed E-state index contributed by atoms with van der Waals surface area (Å²) in [5.74, 6) is 0. The molecule has 3 nitrogen and oxygen atoms in total. The van der Waals surface area contributed by atoms with Crippen LogP contribution in [0, 0.1) is 0 Å². The normalized spacial score (nSPS) is 26.1. The summed E-state index contributed by atoms with van der Waals surface area (Å²) in [6, 6.07) is 0.895. The summed E-state index contributed by atoms with van der Waals surface area (Å²) >= 11 is 0. The minimum absolute atomic E-state index is 0.895. The van der Waals surface area contributed by atoms with Crippen LogP contribution >= 0.6 is 0 Å². The van der Waals surface area contributed by atoms with Gasteiger partial charge in [-0.3, -0.25) is 0 Å². The van der Waals surface area contributed by atoms with Gasteiger partial charge in [-0.2, -0.15) is 0 Å². The Morgan fingerprint density at radius 1 is 1.00 bits per heavy atom. The maximum Gasteiger partial charge on any atom is 0.0120 e. The van der Waals surface area contributed by atoms with Gasteiger partial charge in [0, 0.05) is 19.1 Å². The van der Waals surface area contributed by atoms with Crippen LogP contribution in [0.15, 0.2) is 0 Å². The van der Waals surface area contributed by atoms with E-state index in [0.29, 0.717) is 0 Å². The van der Waals surface area contributed by atoms with Gasteiger partial charge >= 0.3 is 0 Å². The van der Waals surface area contributed by atoms with Crippen LogP contribution in [0.5, 0.6) is 0 Å². The van der Waals surface area contributed by atoms with Crippen molar-refractivity contribution < 1.29 is 0 Å². The number of likely N-dealkylation sites (tertiary alicyclic amines) is 2. The highest BCUT2D eigenvalue weighted by Gasteiger charge is 2.24. The molecule has 0 atom stereocenters. The lowest BCUT2D eigenvalue weighted by atomic mass is 10.00. The number of hydrogen-bond donors (Lipinski definition) is 1. The van der Waals surface area contributed by atoms with Crippen molar-refractivity contribution in [1.82, 2.24) is 15.1 Å². The quantitative estimate of drug-likeness (QED) is 0.774. The molecule has 16 heavy (non-hydrogen) atoms. The fraction of sp³-hybridized carbons (Fsp3) is 1.00. The van der Waals surface area contributed by atoms with Crippen molar-refractivity contribution >= 4 is 0 Å². The molecule has 2 aliphatic heterocycles. The molecular formula is C13H27N3. The fourth-order valence-corrected chi connectivity index (χ4v) is 3.06. The van der Waals surface area contributed by atoms with Crippen molar-refractivity contribution in [3.8, 4) is 0 Å². The highest BCUT2D eigenvalue weighted by Crippen LogP contribution is 2.20. The summed E-state index contributed by atoms with van der Waals surface area (Å²) in [6.07, 6.45) is 7.10. The molecule has 0 aromatic heterocycles. The number of nitrogens with one attached hydrogen (secondary N) is 1. The average molecular weight is 225 g/mol. The number of hydrogen-bond acceptors (Lipinski definition) is 3. The Morgan fingerprint density at radius 2 is 1.69 bits per heavy atom. The number of likely N-dealkylation sites (N-methyl/N-ethyl adjacent to an activating group) is 1. The van der Waals surface area contributed by atoms with Crippen molar-refractivity contribution in [1.29, 1.82) is 0 Å². The van der Waals surface area contributed by atoms with E-state index < -0.39 is 0 Å². The van der Waals surface area contributed by atoms with Crippen LogP contribution in [-0.4, -0.2) is 62.2 Å². The molecule has 1 N–H and O–H groups in total. The molecule has 0 aromatic carbocycles. The summed E-state index contributed by atoms with van der Waals surface area (Å²) in [5, 5.41) is 3.24. The zero-order chi connectivity index (χ0) is 11.2. The lowest BCUT2D eigenvalue weighted by Crippen LogP contribution is -2.47. The molecule has 2 fully saturated rings. The van der Waals surface area contributed by atoms with Gasteiger partial charge in [0.15, 0.2) is 0 Å². The van der Waals surface area contributed by atoms with E-state index in [1.54, 1.807) is 0 Å². The molecule has 0 saturated carbocycles. The van der Waals surface area contributed by atoms with E-state index in [0.717, 1.165) is 12.6 Å². The standard InChI is InChI=1S/C13H27N3/c1-14-7-12-15-10-5-13(6-11-15)16-8-3-2-4-9-16/h13-14H,2-12H2,1H3. The Labute approximate surface area is 100 Å². The van der Waals surface area contributed by atoms with Crippen LogP contribution in [-0.2, 0) is 0 Å². The van der Waals surface area contributed by atoms with E-state index in [1.165, 1.54) is 64.8 Å². The summed E-state index contributed by atoms with van der Waals surface area (Å²) in [6.45, 7) is 7.70. The first-order valence-corrected chi connectivity index (χ1v) is 7.01. The Kier molecular flexibility index (Phi) is 5.07. The second kappa shape index (κ2) is 6.58. The van der Waals surface area contributed by atoms with Crippen LogP contribution in [0.1, 0.15) is 32.1 Å². The van der Waals surface area contributed by atoms with Gasteiger partial charge in [-0.1, -0.05) is 6.42 Å². The predicted octanol–water partition coefficient (Wildman–Crippen LogP) is 1.16. The number of piperidine rings is 2. The SMILES string of the molecule is CNCCN1CCC(N2CCCCC2)CC1. The third-order valence-corrected chi connectivity index (χ3v) is 4.14. The average Bonchev–Trinajstić information content (AvgIpc) is 2.38. The van der Waals surface area contributed by atoms with Crippen LogP contribution in [0.2, 0.25) is 0 Å². The number of nitrogens with zero attached hydrogens (tertiary/aromatic N) is 2. The van der Waals surface area contributed by atoms with Gasteiger partial charge in [0.25, 0.3) is 0 Å². The molecule has 0 amide bonds. The topological polar surface area (TPSA) is 18.5 Å². The zero-order valence-electron chi connectivity index (χ0n) is 10.7. The minimum atomic E-state index is 0.895. The molecule has 0 bridgehead atoms. The summed E-state index contributed by atoms with van der Waals surface area (Å²) in [7, 11) is 2.04. The van der Waals surface area contributed by atoms with Crippen LogP contribution in [0.4, 0.5) is 0 Å². The minimum Gasteiger partial charge on any atom is -0.318 e. The van der Waals surface area contributed by atoms with Crippen molar-refractivity contribution in [2.24, 2.45) is 0 Å². The summed E-state index contributed by atoms with van der Waals surface area (Å²) < 4.78 is 0.